The molecule has 0 saturated heterocycles. The van der Waals surface area contributed by atoms with Gasteiger partial charge in [-0.15, -0.1) is 0 Å². The van der Waals surface area contributed by atoms with Gasteiger partial charge in [0.1, 0.15) is 6.54 Å². The van der Waals surface area contributed by atoms with Crippen molar-refractivity contribution < 1.29 is 17.9 Å². The van der Waals surface area contributed by atoms with E-state index in [0.29, 0.717) is 0 Å². The second-order valence-corrected chi connectivity index (χ2v) is 5.89. The highest BCUT2D eigenvalue weighted by molar-refractivity contribution is 7.88. The number of methoxy groups -OCH3 is 1. The molecule has 0 unspecified atom stereocenters. The molecule has 0 bridgehead atoms. The Labute approximate surface area is 107 Å². The van der Waals surface area contributed by atoms with Crippen molar-refractivity contribution in [3.05, 3.63) is 34.9 Å². The summed E-state index contributed by atoms with van der Waals surface area (Å²) < 4.78 is 30.1. The summed E-state index contributed by atoms with van der Waals surface area (Å²) in [4.78, 5) is 10.9. The first-order chi connectivity index (χ1) is 8.34. The van der Waals surface area contributed by atoms with Crippen molar-refractivity contribution >= 4 is 16.0 Å². The number of sulfonamides is 1. The number of hydrogen-bond acceptors (Lipinski definition) is 4. The summed E-state index contributed by atoms with van der Waals surface area (Å²) in [5, 5.41) is 0. The van der Waals surface area contributed by atoms with E-state index in [0.717, 1.165) is 16.7 Å². The first-order valence-electron chi connectivity index (χ1n) is 5.44. The molecule has 0 heterocycles. The van der Waals surface area contributed by atoms with Crippen molar-refractivity contribution in [2.45, 2.75) is 19.6 Å². The maximum absolute atomic E-state index is 11.8. The third-order valence-corrected chi connectivity index (χ3v) is 3.79. The van der Waals surface area contributed by atoms with E-state index in [9.17, 15) is 13.2 Å². The van der Waals surface area contributed by atoms with Crippen molar-refractivity contribution in [3.8, 4) is 0 Å². The minimum atomic E-state index is -3.53. The molecule has 0 aliphatic rings. The molecular weight excluding hydrogens is 254 g/mol. The summed E-state index contributed by atoms with van der Waals surface area (Å²) in [6.45, 7) is 3.41. The van der Waals surface area contributed by atoms with Gasteiger partial charge in [0, 0.05) is 0 Å². The van der Waals surface area contributed by atoms with Crippen molar-refractivity contribution in [1.82, 2.24) is 4.72 Å². The lowest BCUT2D eigenvalue weighted by atomic mass is 10.1. The van der Waals surface area contributed by atoms with E-state index in [2.05, 4.69) is 9.46 Å². The first-order valence-corrected chi connectivity index (χ1v) is 7.09. The summed E-state index contributed by atoms with van der Waals surface area (Å²) in [6.07, 6.45) is 0. The van der Waals surface area contributed by atoms with Crippen molar-refractivity contribution in [1.29, 1.82) is 0 Å². The fourth-order valence-electron chi connectivity index (χ4n) is 1.45. The van der Waals surface area contributed by atoms with Crippen molar-refractivity contribution in [2.24, 2.45) is 0 Å². The molecule has 18 heavy (non-hydrogen) atoms. The zero-order valence-corrected chi connectivity index (χ0v) is 11.5. The van der Waals surface area contributed by atoms with E-state index in [1.54, 1.807) is 0 Å². The number of carbonyl (C=O) groups excluding carboxylic acids is 1. The molecule has 100 valence electrons. The molecule has 0 fully saturated rings. The normalized spacial score (nSPS) is 11.3. The lowest BCUT2D eigenvalue weighted by Crippen LogP contribution is -2.31. The summed E-state index contributed by atoms with van der Waals surface area (Å²) in [6, 6.07) is 5.63. The van der Waals surface area contributed by atoms with Crippen LogP contribution in [0, 0.1) is 13.8 Å². The van der Waals surface area contributed by atoms with Gasteiger partial charge in [-0.25, -0.2) is 13.1 Å². The molecule has 0 amide bonds. The van der Waals surface area contributed by atoms with Crippen LogP contribution in [-0.2, 0) is 25.3 Å². The monoisotopic (exact) mass is 271 g/mol. The average molecular weight is 271 g/mol. The maximum atomic E-state index is 11.8. The van der Waals surface area contributed by atoms with Gasteiger partial charge in [0.2, 0.25) is 10.0 Å². The molecular formula is C12H17NO4S. The maximum Gasteiger partial charge on any atom is 0.320 e. The highest BCUT2D eigenvalue weighted by Gasteiger charge is 2.14. The Bertz CT molecular complexity index is 537. The summed E-state index contributed by atoms with van der Waals surface area (Å²) in [5.74, 6) is -0.753. The third kappa shape index (κ3) is 4.46. The molecule has 0 aromatic heterocycles. The molecule has 0 spiro atoms. The van der Waals surface area contributed by atoms with E-state index >= 15 is 0 Å². The Morgan fingerprint density at radius 1 is 1.33 bits per heavy atom. The van der Waals surface area contributed by atoms with Gasteiger partial charge in [0.05, 0.1) is 12.9 Å². The molecule has 1 rings (SSSR count). The van der Waals surface area contributed by atoms with Gasteiger partial charge in [-0.3, -0.25) is 4.79 Å². The zero-order valence-electron chi connectivity index (χ0n) is 10.7. The Morgan fingerprint density at radius 3 is 2.61 bits per heavy atom. The van der Waals surface area contributed by atoms with Crippen LogP contribution >= 0.6 is 0 Å². The van der Waals surface area contributed by atoms with E-state index in [4.69, 9.17) is 0 Å². The number of carbonyl (C=O) groups is 1. The fraction of sp³-hybridized carbons (Fsp3) is 0.417. The van der Waals surface area contributed by atoms with Crippen LogP contribution in [0.2, 0.25) is 0 Å². The van der Waals surface area contributed by atoms with Gasteiger partial charge in [-0.2, -0.15) is 0 Å². The average Bonchev–Trinajstić information content (AvgIpc) is 2.30. The van der Waals surface area contributed by atoms with Gasteiger partial charge in [0.25, 0.3) is 0 Å². The predicted octanol–water partition coefficient (Wildman–Crippen LogP) is 0.896. The largest absolute Gasteiger partial charge is 0.468 e. The van der Waals surface area contributed by atoms with Gasteiger partial charge in [-0.05, 0) is 25.0 Å². The minimum Gasteiger partial charge on any atom is -0.468 e. The van der Waals surface area contributed by atoms with Crippen LogP contribution in [0.4, 0.5) is 0 Å². The summed E-state index contributed by atoms with van der Waals surface area (Å²) >= 11 is 0. The van der Waals surface area contributed by atoms with E-state index in [1.807, 2.05) is 32.0 Å². The predicted molar refractivity (Wildman–Crippen MR) is 68.6 cm³/mol. The van der Waals surface area contributed by atoms with E-state index in [1.165, 1.54) is 7.11 Å². The second kappa shape index (κ2) is 5.97. The van der Waals surface area contributed by atoms with Crippen LogP contribution < -0.4 is 4.72 Å². The second-order valence-electron chi connectivity index (χ2n) is 4.09. The van der Waals surface area contributed by atoms with Crippen LogP contribution in [-0.4, -0.2) is 28.0 Å². The first kappa shape index (κ1) is 14.7. The van der Waals surface area contributed by atoms with Crippen LogP contribution in [0.5, 0.6) is 0 Å². The van der Waals surface area contributed by atoms with Crippen LogP contribution in [0.25, 0.3) is 0 Å². The zero-order chi connectivity index (χ0) is 13.8. The number of aryl methyl sites for hydroxylation is 2. The number of rotatable bonds is 5. The Hall–Kier alpha value is -1.40. The number of ether oxygens (including phenoxy) is 1. The van der Waals surface area contributed by atoms with Crippen molar-refractivity contribution in [3.63, 3.8) is 0 Å². The molecule has 0 aliphatic carbocycles. The smallest absolute Gasteiger partial charge is 0.320 e. The molecule has 0 radical (unpaired) electrons. The Kier molecular flexibility index (Phi) is 4.86. The van der Waals surface area contributed by atoms with Gasteiger partial charge in [-0.1, -0.05) is 23.8 Å². The molecule has 0 aliphatic heterocycles. The van der Waals surface area contributed by atoms with Crippen LogP contribution in [0.1, 0.15) is 16.7 Å². The molecule has 1 aromatic carbocycles. The lowest BCUT2D eigenvalue weighted by Gasteiger charge is -2.09. The van der Waals surface area contributed by atoms with Gasteiger partial charge < -0.3 is 4.74 Å². The number of nitrogens with one attached hydrogen (secondary N) is 1. The highest BCUT2D eigenvalue weighted by Crippen LogP contribution is 2.13. The standard InChI is InChI=1S/C12H17NO4S/c1-9-4-5-10(2)11(6-9)8-18(15,16)13-7-12(14)17-3/h4-6,13H,7-8H2,1-3H3. The molecule has 5 nitrogen and oxygen atoms in total. The SMILES string of the molecule is COC(=O)CNS(=O)(=O)Cc1cc(C)ccc1C. The van der Waals surface area contributed by atoms with Crippen LogP contribution in [0.15, 0.2) is 18.2 Å². The van der Waals surface area contributed by atoms with Gasteiger partial charge in [0.15, 0.2) is 0 Å². The number of hydrogen-bond donors (Lipinski definition) is 1. The van der Waals surface area contributed by atoms with E-state index in [-0.39, 0.29) is 12.3 Å². The Balaban J connectivity index is 2.76. The minimum absolute atomic E-state index is 0.141. The molecule has 0 saturated carbocycles. The summed E-state index contributed by atoms with van der Waals surface area (Å²) in [5.41, 5.74) is 2.63. The van der Waals surface area contributed by atoms with Gasteiger partial charge >= 0.3 is 5.97 Å². The third-order valence-electron chi connectivity index (χ3n) is 2.51. The molecule has 0 atom stereocenters. The van der Waals surface area contributed by atoms with Crippen LogP contribution in [0.3, 0.4) is 0 Å². The quantitative estimate of drug-likeness (QED) is 0.807. The lowest BCUT2D eigenvalue weighted by molar-refractivity contribution is -0.139. The topological polar surface area (TPSA) is 72.5 Å². The number of esters is 1. The molecule has 1 N–H and O–H groups in total. The molecule has 1 aromatic rings. The number of benzene rings is 1. The summed E-state index contributed by atoms with van der Waals surface area (Å²) in [7, 11) is -2.32. The van der Waals surface area contributed by atoms with E-state index < -0.39 is 16.0 Å². The molecule has 6 heteroatoms. The Morgan fingerprint density at radius 2 is 2.00 bits per heavy atom. The van der Waals surface area contributed by atoms with Crippen molar-refractivity contribution in [2.75, 3.05) is 13.7 Å². The highest BCUT2D eigenvalue weighted by atomic mass is 32.2. The fourth-order valence-corrected chi connectivity index (χ4v) is 2.61.